The maximum absolute atomic E-state index is 10.1. The molecule has 150 valence electrons. The van der Waals surface area contributed by atoms with Crippen molar-refractivity contribution in [1.82, 2.24) is 19.7 Å². The molecule has 4 aliphatic rings. The van der Waals surface area contributed by atoms with Crippen molar-refractivity contribution in [1.29, 1.82) is 0 Å². The molecule has 2 bridgehead atoms. The van der Waals surface area contributed by atoms with E-state index in [9.17, 15) is 5.11 Å². The minimum absolute atomic E-state index is 0.162. The van der Waals surface area contributed by atoms with Gasteiger partial charge in [-0.1, -0.05) is 23.2 Å². The first-order valence-electron chi connectivity index (χ1n) is 9.96. The van der Waals surface area contributed by atoms with E-state index in [-0.39, 0.29) is 6.10 Å². The third-order valence-electron chi connectivity index (χ3n) is 6.34. The van der Waals surface area contributed by atoms with Gasteiger partial charge in [-0.05, 0) is 31.4 Å². The third-order valence-corrected chi connectivity index (χ3v) is 7.02. The molecule has 4 heterocycles. The van der Waals surface area contributed by atoms with Gasteiger partial charge in [-0.15, -0.1) is 0 Å². The monoisotopic (exact) mass is 430 g/mol. The van der Waals surface area contributed by atoms with Crippen LogP contribution in [0.5, 0.6) is 0 Å². The van der Waals surface area contributed by atoms with Crippen molar-refractivity contribution < 1.29 is 5.11 Å². The number of benzene rings is 1. The molecule has 2 N–H and O–H groups in total. The minimum Gasteiger partial charge on any atom is -0.392 e. The van der Waals surface area contributed by atoms with Crippen LogP contribution in [-0.2, 0) is 0 Å². The molecule has 2 aromatic heterocycles. The standard InChI is InChI=1S/C20H20Cl2N6O/c21-14-4-10-6-23-20(26-16-7-24-28(19(16)22)13-1-2-13)25-15(10)5-17(14)27-8-11-3-12(9-27)18(11)29/h4-7,11-13,18,29H,1-3,8-9H2,(H,23,25,26). The first kappa shape index (κ1) is 17.7. The van der Waals surface area contributed by atoms with Crippen LogP contribution < -0.4 is 10.2 Å². The van der Waals surface area contributed by atoms with Crippen LogP contribution in [0.3, 0.4) is 0 Å². The average Bonchev–Trinajstić information content (AvgIpc) is 3.51. The van der Waals surface area contributed by atoms with E-state index in [2.05, 4.69) is 25.3 Å². The lowest BCUT2D eigenvalue weighted by Gasteiger charge is -2.52. The lowest BCUT2D eigenvalue weighted by molar-refractivity contribution is -0.0531. The Bertz CT molecular complexity index is 1100. The number of anilines is 3. The zero-order valence-corrected chi connectivity index (χ0v) is 17.1. The lowest BCUT2D eigenvalue weighted by atomic mass is 9.68. The highest BCUT2D eigenvalue weighted by Crippen LogP contribution is 2.43. The Kier molecular flexibility index (Phi) is 3.95. The molecule has 2 unspecified atom stereocenters. The van der Waals surface area contributed by atoms with E-state index in [0.29, 0.717) is 39.7 Å². The van der Waals surface area contributed by atoms with Crippen LogP contribution in [0.1, 0.15) is 25.3 Å². The molecular weight excluding hydrogens is 411 g/mol. The van der Waals surface area contributed by atoms with Crippen LogP contribution in [0, 0.1) is 11.8 Å². The van der Waals surface area contributed by atoms with E-state index < -0.39 is 0 Å². The summed E-state index contributed by atoms with van der Waals surface area (Å²) in [7, 11) is 0. The van der Waals surface area contributed by atoms with Gasteiger partial charge in [0, 0.05) is 36.5 Å². The van der Waals surface area contributed by atoms with Gasteiger partial charge in [0.25, 0.3) is 0 Å². The molecule has 4 fully saturated rings. The Labute approximate surface area is 177 Å². The topological polar surface area (TPSA) is 79.1 Å². The number of nitrogens with zero attached hydrogens (tertiary/aromatic N) is 5. The summed E-state index contributed by atoms with van der Waals surface area (Å²) < 4.78 is 1.85. The summed E-state index contributed by atoms with van der Waals surface area (Å²) in [5.74, 6) is 1.15. The largest absolute Gasteiger partial charge is 0.392 e. The number of hydrogen-bond acceptors (Lipinski definition) is 6. The van der Waals surface area contributed by atoms with Crippen LogP contribution in [0.15, 0.2) is 24.5 Å². The highest BCUT2D eigenvalue weighted by atomic mass is 35.5. The van der Waals surface area contributed by atoms with Crippen molar-refractivity contribution >= 4 is 51.4 Å². The van der Waals surface area contributed by atoms with E-state index in [4.69, 9.17) is 23.2 Å². The molecule has 3 aromatic rings. The van der Waals surface area contributed by atoms with Crippen molar-refractivity contribution in [2.75, 3.05) is 23.3 Å². The molecular formula is C20H20Cl2N6O. The number of halogens is 2. The molecule has 2 atom stereocenters. The van der Waals surface area contributed by atoms with Crippen molar-refractivity contribution in [3.05, 3.63) is 34.7 Å². The molecule has 7 rings (SSSR count). The van der Waals surface area contributed by atoms with Crippen molar-refractivity contribution in [3.8, 4) is 0 Å². The second-order valence-electron chi connectivity index (χ2n) is 8.36. The van der Waals surface area contributed by atoms with E-state index in [0.717, 1.165) is 48.9 Å². The van der Waals surface area contributed by atoms with Gasteiger partial charge in [0.15, 0.2) is 5.15 Å². The molecule has 1 aromatic carbocycles. The molecule has 2 aliphatic carbocycles. The van der Waals surface area contributed by atoms with E-state index in [1.807, 2.05) is 16.8 Å². The Morgan fingerprint density at radius 3 is 2.62 bits per heavy atom. The Hall–Kier alpha value is -2.09. The second kappa shape index (κ2) is 6.45. The van der Waals surface area contributed by atoms with Gasteiger partial charge in [0.2, 0.25) is 5.95 Å². The average molecular weight is 431 g/mol. The molecule has 0 amide bonds. The number of aromatic nitrogens is 4. The number of nitrogens with one attached hydrogen (secondary N) is 1. The zero-order chi connectivity index (χ0) is 19.7. The molecule has 0 spiro atoms. The van der Waals surface area contributed by atoms with Gasteiger partial charge >= 0.3 is 0 Å². The zero-order valence-electron chi connectivity index (χ0n) is 15.6. The van der Waals surface area contributed by atoms with E-state index in [1.54, 1.807) is 12.4 Å². The minimum atomic E-state index is -0.162. The molecule has 2 aliphatic heterocycles. The van der Waals surface area contributed by atoms with Gasteiger partial charge in [-0.2, -0.15) is 5.10 Å². The quantitative estimate of drug-likeness (QED) is 0.650. The highest BCUT2D eigenvalue weighted by molar-refractivity contribution is 6.34. The van der Waals surface area contributed by atoms with Gasteiger partial charge < -0.3 is 15.3 Å². The van der Waals surface area contributed by atoms with Gasteiger partial charge in [-0.3, -0.25) is 0 Å². The smallest absolute Gasteiger partial charge is 0.227 e. The predicted molar refractivity (Wildman–Crippen MR) is 113 cm³/mol. The predicted octanol–water partition coefficient (Wildman–Crippen LogP) is 4.03. The summed E-state index contributed by atoms with van der Waals surface area (Å²) in [5, 5.41) is 19.8. The summed E-state index contributed by atoms with van der Waals surface area (Å²) >= 11 is 13.0. The molecule has 9 heteroatoms. The molecule has 2 saturated heterocycles. The van der Waals surface area contributed by atoms with Gasteiger partial charge in [0.05, 0.1) is 40.3 Å². The molecule has 7 nitrogen and oxygen atoms in total. The Balaban J connectivity index is 1.30. The van der Waals surface area contributed by atoms with Crippen LogP contribution in [0.4, 0.5) is 17.3 Å². The van der Waals surface area contributed by atoms with Crippen molar-refractivity contribution in [2.24, 2.45) is 11.8 Å². The van der Waals surface area contributed by atoms with Crippen molar-refractivity contribution in [3.63, 3.8) is 0 Å². The number of aliphatic hydroxyl groups excluding tert-OH is 1. The molecule has 2 saturated carbocycles. The number of rotatable bonds is 4. The van der Waals surface area contributed by atoms with Gasteiger partial charge in [0.1, 0.15) is 0 Å². The number of fused-ring (bicyclic) bond motifs is 3. The van der Waals surface area contributed by atoms with E-state index >= 15 is 0 Å². The van der Waals surface area contributed by atoms with Crippen LogP contribution >= 0.6 is 23.2 Å². The summed E-state index contributed by atoms with van der Waals surface area (Å²) in [6.45, 7) is 1.66. The lowest BCUT2D eigenvalue weighted by Crippen LogP contribution is -2.58. The first-order chi connectivity index (χ1) is 14.1. The molecule has 0 radical (unpaired) electrons. The Morgan fingerprint density at radius 1 is 1.10 bits per heavy atom. The van der Waals surface area contributed by atoms with Crippen molar-refractivity contribution in [2.45, 2.75) is 31.4 Å². The number of aliphatic hydroxyl groups is 1. The second-order valence-corrected chi connectivity index (χ2v) is 9.12. The maximum atomic E-state index is 10.1. The number of piperidine rings is 2. The summed E-state index contributed by atoms with van der Waals surface area (Å²) in [6.07, 6.45) is 6.65. The van der Waals surface area contributed by atoms with Crippen LogP contribution in [-0.4, -0.2) is 44.0 Å². The Morgan fingerprint density at radius 2 is 1.90 bits per heavy atom. The normalized spacial score (nSPS) is 25.9. The fraction of sp³-hybridized carbons (Fsp3) is 0.450. The summed E-state index contributed by atoms with van der Waals surface area (Å²) in [5.41, 5.74) is 2.48. The fourth-order valence-electron chi connectivity index (χ4n) is 4.53. The van der Waals surface area contributed by atoms with Gasteiger partial charge in [-0.25, -0.2) is 14.6 Å². The maximum Gasteiger partial charge on any atom is 0.227 e. The van der Waals surface area contributed by atoms with Crippen LogP contribution in [0.2, 0.25) is 10.2 Å². The summed E-state index contributed by atoms with van der Waals surface area (Å²) in [6, 6.07) is 4.33. The van der Waals surface area contributed by atoms with Crippen LogP contribution in [0.25, 0.3) is 10.9 Å². The summed E-state index contributed by atoms with van der Waals surface area (Å²) in [4.78, 5) is 11.3. The SMILES string of the molecule is OC1C2CC1CN(c1cc3nc(Nc4cnn(C5CC5)c4Cl)ncc3cc1Cl)C2. The number of hydrogen-bond donors (Lipinski definition) is 2. The highest BCUT2D eigenvalue weighted by Gasteiger charge is 2.46. The third kappa shape index (κ3) is 2.95. The van der Waals surface area contributed by atoms with E-state index in [1.165, 1.54) is 0 Å². The molecule has 29 heavy (non-hydrogen) atoms. The first-order valence-corrected chi connectivity index (χ1v) is 10.7. The fourth-order valence-corrected chi connectivity index (χ4v) is 5.10.